The summed E-state index contributed by atoms with van der Waals surface area (Å²) in [4.78, 5) is 27.0. The average Bonchev–Trinajstić information content (AvgIpc) is 2.82. The molecule has 1 aliphatic rings. The van der Waals surface area contributed by atoms with Gasteiger partial charge in [-0.1, -0.05) is 13.0 Å². The highest BCUT2D eigenvalue weighted by Gasteiger charge is 2.38. The van der Waals surface area contributed by atoms with Crippen molar-refractivity contribution >= 4 is 11.7 Å². The Morgan fingerprint density at radius 1 is 1.39 bits per heavy atom. The monoisotopic (exact) mass is 311 g/mol. The van der Waals surface area contributed by atoms with Crippen LogP contribution in [0.2, 0.25) is 0 Å². The fourth-order valence-electron chi connectivity index (χ4n) is 3.08. The molecule has 1 amide bonds. The molecule has 0 unspecified atom stereocenters. The van der Waals surface area contributed by atoms with Gasteiger partial charge in [-0.2, -0.15) is 0 Å². The van der Waals surface area contributed by atoms with Crippen molar-refractivity contribution < 1.29 is 4.79 Å². The third-order valence-corrected chi connectivity index (χ3v) is 4.20. The molecule has 6 nitrogen and oxygen atoms in total. The van der Waals surface area contributed by atoms with Crippen LogP contribution in [0.5, 0.6) is 0 Å². The second-order valence-electron chi connectivity index (χ2n) is 5.84. The Kier molecular flexibility index (Phi) is 4.23. The summed E-state index contributed by atoms with van der Waals surface area (Å²) < 4.78 is 0. The molecule has 0 aliphatic carbocycles. The molecular weight excluding hydrogens is 290 g/mol. The van der Waals surface area contributed by atoms with E-state index in [9.17, 15) is 4.79 Å². The predicted molar refractivity (Wildman–Crippen MR) is 87.9 cm³/mol. The maximum absolute atomic E-state index is 12.2. The molecule has 0 radical (unpaired) electrons. The zero-order valence-corrected chi connectivity index (χ0v) is 13.7. The molecule has 0 saturated carbocycles. The minimum Gasteiger partial charge on any atom is -0.364 e. The van der Waals surface area contributed by atoms with E-state index in [-0.39, 0.29) is 18.0 Å². The second-order valence-corrected chi connectivity index (χ2v) is 5.84. The van der Waals surface area contributed by atoms with Crippen LogP contribution < -0.4 is 5.32 Å². The smallest absolute Gasteiger partial charge is 0.225 e. The van der Waals surface area contributed by atoms with E-state index in [0.717, 1.165) is 29.3 Å². The minimum atomic E-state index is -0.0449. The number of hydrogen-bond acceptors (Lipinski definition) is 5. The van der Waals surface area contributed by atoms with E-state index in [1.54, 1.807) is 11.1 Å². The number of nitrogens with zero attached hydrogens (tertiary/aromatic N) is 4. The van der Waals surface area contributed by atoms with E-state index in [2.05, 4.69) is 27.2 Å². The molecule has 3 heterocycles. The lowest BCUT2D eigenvalue weighted by Gasteiger charge is -2.26. The van der Waals surface area contributed by atoms with Gasteiger partial charge in [-0.15, -0.1) is 0 Å². The first-order valence-electron chi connectivity index (χ1n) is 7.85. The van der Waals surface area contributed by atoms with Crippen LogP contribution in [-0.2, 0) is 11.2 Å². The first kappa shape index (κ1) is 15.4. The Hall–Kier alpha value is -2.50. The summed E-state index contributed by atoms with van der Waals surface area (Å²) in [6.45, 7) is 3.95. The Balaban J connectivity index is 1.89. The zero-order chi connectivity index (χ0) is 16.4. The number of carbonyl (C=O) groups excluding carboxylic acids is 1. The highest BCUT2D eigenvalue weighted by molar-refractivity contribution is 5.80. The third-order valence-electron chi connectivity index (χ3n) is 4.20. The maximum atomic E-state index is 12.2. The lowest BCUT2D eigenvalue weighted by atomic mass is 10.0. The minimum absolute atomic E-state index is 0.0318. The number of likely N-dealkylation sites (tertiary alicyclic amines) is 1. The highest BCUT2D eigenvalue weighted by Crippen LogP contribution is 2.33. The van der Waals surface area contributed by atoms with Gasteiger partial charge in [0, 0.05) is 37.6 Å². The molecule has 2 atom stereocenters. The lowest BCUT2D eigenvalue weighted by Crippen LogP contribution is -2.30. The van der Waals surface area contributed by atoms with Gasteiger partial charge in [0.15, 0.2) is 0 Å². The van der Waals surface area contributed by atoms with Gasteiger partial charge < -0.3 is 10.2 Å². The largest absolute Gasteiger partial charge is 0.364 e. The number of rotatable bonds is 4. The van der Waals surface area contributed by atoms with Gasteiger partial charge in [0.2, 0.25) is 5.91 Å². The number of anilines is 1. The van der Waals surface area contributed by atoms with E-state index in [1.807, 2.05) is 38.4 Å². The number of amides is 1. The van der Waals surface area contributed by atoms with Crippen molar-refractivity contribution in [3.05, 3.63) is 47.7 Å². The average molecular weight is 311 g/mol. The van der Waals surface area contributed by atoms with Crippen molar-refractivity contribution in [3.8, 4) is 0 Å². The maximum Gasteiger partial charge on any atom is 0.225 e. The van der Waals surface area contributed by atoms with Crippen molar-refractivity contribution in [3.63, 3.8) is 0 Å². The summed E-state index contributed by atoms with van der Waals surface area (Å²) in [5, 5.41) is 3.42. The molecule has 1 aliphatic heterocycles. The topological polar surface area (TPSA) is 71.0 Å². The van der Waals surface area contributed by atoms with E-state index in [0.29, 0.717) is 6.42 Å². The number of carbonyl (C=O) groups is 1. The molecule has 1 N–H and O–H groups in total. The molecule has 2 aromatic rings. The Labute approximate surface area is 136 Å². The molecular formula is C17H21N5O. The van der Waals surface area contributed by atoms with E-state index in [1.165, 1.54) is 0 Å². The molecule has 23 heavy (non-hydrogen) atoms. The van der Waals surface area contributed by atoms with Crippen LogP contribution in [0.4, 0.5) is 5.82 Å². The molecule has 0 bridgehead atoms. The Bertz CT molecular complexity index is 703. The van der Waals surface area contributed by atoms with Gasteiger partial charge in [-0.05, 0) is 25.0 Å². The normalized spacial score (nSPS) is 20.8. The summed E-state index contributed by atoms with van der Waals surface area (Å²) in [6, 6.07) is 5.78. The van der Waals surface area contributed by atoms with Crippen LogP contribution in [0.25, 0.3) is 0 Å². The predicted octanol–water partition coefficient (Wildman–Crippen LogP) is 2.13. The number of likely N-dealkylation sites (N-methyl/N-ethyl adjacent to an activating group) is 1. The first-order chi connectivity index (χ1) is 11.1. The van der Waals surface area contributed by atoms with Gasteiger partial charge in [-0.25, -0.2) is 9.97 Å². The van der Waals surface area contributed by atoms with Crippen molar-refractivity contribution in [2.75, 3.05) is 12.4 Å². The van der Waals surface area contributed by atoms with E-state index < -0.39 is 0 Å². The lowest BCUT2D eigenvalue weighted by molar-refractivity contribution is -0.127. The molecule has 0 spiro atoms. The zero-order valence-electron chi connectivity index (χ0n) is 13.7. The highest BCUT2D eigenvalue weighted by atomic mass is 16.2. The van der Waals surface area contributed by atoms with E-state index >= 15 is 0 Å². The van der Waals surface area contributed by atoms with Gasteiger partial charge in [0.1, 0.15) is 11.6 Å². The van der Waals surface area contributed by atoms with Crippen LogP contribution in [0, 0.1) is 6.92 Å². The fraction of sp³-hybridized carbons (Fsp3) is 0.412. The molecule has 3 rings (SSSR count). The van der Waals surface area contributed by atoms with Crippen LogP contribution in [0.3, 0.4) is 0 Å². The molecule has 6 heteroatoms. The Morgan fingerprint density at radius 3 is 2.91 bits per heavy atom. The Morgan fingerprint density at radius 2 is 2.22 bits per heavy atom. The molecule has 1 saturated heterocycles. The van der Waals surface area contributed by atoms with Crippen LogP contribution in [0.1, 0.15) is 36.5 Å². The summed E-state index contributed by atoms with van der Waals surface area (Å²) in [6.07, 6.45) is 4.86. The fourth-order valence-corrected chi connectivity index (χ4v) is 3.08. The van der Waals surface area contributed by atoms with Crippen LogP contribution in [-0.4, -0.2) is 38.8 Å². The quantitative estimate of drug-likeness (QED) is 0.936. The summed E-state index contributed by atoms with van der Waals surface area (Å²) in [7, 11) is 1.84. The number of pyridine rings is 1. The van der Waals surface area contributed by atoms with Gasteiger partial charge in [0.25, 0.3) is 0 Å². The van der Waals surface area contributed by atoms with Gasteiger partial charge in [-0.3, -0.25) is 9.78 Å². The number of aromatic nitrogens is 3. The standard InChI is InChI=1S/C17H21N5O/c1-4-13-8-15(20-11(2)19-13)21-14-9-16(23)22(3)17(14)12-6-5-7-18-10-12/h5-8,10,14,17H,4,9H2,1-3H3,(H,19,20,21)/t14-,17+/m1/s1. The summed E-state index contributed by atoms with van der Waals surface area (Å²) in [5.74, 6) is 1.64. The molecule has 2 aromatic heterocycles. The summed E-state index contributed by atoms with van der Waals surface area (Å²) in [5.41, 5.74) is 2.02. The van der Waals surface area contributed by atoms with Crippen molar-refractivity contribution in [2.45, 2.75) is 38.8 Å². The van der Waals surface area contributed by atoms with E-state index in [4.69, 9.17) is 0 Å². The number of hydrogen-bond donors (Lipinski definition) is 1. The van der Waals surface area contributed by atoms with Gasteiger partial charge in [0.05, 0.1) is 12.1 Å². The van der Waals surface area contributed by atoms with Crippen molar-refractivity contribution in [1.82, 2.24) is 19.9 Å². The van der Waals surface area contributed by atoms with Crippen LogP contribution >= 0.6 is 0 Å². The SMILES string of the molecule is CCc1cc(N[C@@H]2CC(=O)N(C)[C@H]2c2cccnc2)nc(C)n1. The number of aryl methyl sites for hydroxylation is 2. The molecule has 0 aromatic carbocycles. The summed E-state index contributed by atoms with van der Waals surface area (Å²) >= 11 is 0. The van der Waals surface area contributed by atoms with Gasteiger partial charge >= 0.3 is 0 Å². The van der Waals surface area contributed by atoms with Crippen LogP contribution in [0.15, 0.2) is 30.6 Å². The third kappa shape index (κ3) is 3.16. The molecule has 1 fully saturated rings. The van der Waals surface area contributed by atoms with Crippen molar-refractivity contribution in [2.24, 2.45) is 0 Å². The molecule has 120 valence electrons. The number of nitrogens with one attached hydrogen (secondary N) is 1. The first-order valence-corrected chi connectivity index (χ1v) is 7.85. The van der Waals surface area contributed by atoms with Crippen molar-refractivity contribution in [1.29, 1.82) is 0 Å². The second kappa shape index (κ2) is 6.32.